The normalized spacial score (nSPS) is 11.3. The fourth-order valence-electron chi connectivity index (χ4n) is 4.39. The molecule has 6 nitrogen and oxygen atoms in total. The SMILES string of the molecule is Cc1cccc(C)c1Oc1cn(C)c(=O)cc1-c1cn(C)c(=O)c2[nH]c(-c3ccc(F)c(F)c3F)cc12. The van der Waals surface area contributed by atoms with E-state index in [2.05, 4.69) is 4.98 Å². The number of benzene rings is 2. The molecule has 1 N–H and O–H groups in total. The van der Waals surface area contributed by atoms with Crippen molar-refractivity contribution in [3.8, 4) is 33.9 Å². The average molecular weight is 505 g/mol. The quantitative estimate of drug-likeness (QED) is 0.318. The molecule has 0 fully saturated rings. The average Bonchev–Trinajstić information content (AvgIpc) is 3.30. The van der Waals surface area contributed by atoms with E-state index in [4.69, 9.17) is 4.74 Å². The molecule has 0 atom stereocenters. The fourth-order valence-corrected chi connectivity index (χ4v) is 4.39. The second kappa shape index (κ2) is 8.85. The molecule has 188 valence electrons. The van der Waals surface area contributed by atoms with Crippen molar-refractivity contribution in [3.05, 3.63) is 104 Å². The van der Waals surface area contributed by atoms with Crippen molar-refractivity contribution in [3.63, 3.8) is 0 Å². The zero-order chi connectivity index (χ0) is 26.6. The van der Waals surface area contributed by atoms with Crippen molar-refractivity contribution < 1.29 is 17.9 Å². The van der Waals surface area contributed by atoms with Crippen molar-refractivity contribution in [1.29, 1.82) is 0 Å². The van der Waals surface area contributed by atoms with Gasteiger partial charge in [0.05, 0.1) is 6.20 Å². The lowest BCUT2D eigenvalue weighted by Crippen LogP contribution is -2.18. The van der Waals surface area contributed by atoms with Gasteiger partial charge in [-0.2, -0.15) is 0 Å². The number of H-pyrrole nitrogens is 1. The van der Waals surface area contributed by atoms with E-state index in [0.717, 1.165) is 23.3 Å². The minimum Gasteiger partial charge on any atom is -0.455 e. The summed E-state index contributed by atoms with van der Waals surface area (Å²) in [5.41, 5.74) is 1.87. The van der Waals surface area contributed by atoms with Crippen LogP contribution in [0.2, 0.25) is 0 Å². The molecule has 0 unspecified atom stereocenters. The van der Waals surface area contributed by atoms with Crippen LogP contribution < -0.4 is 15.9 Å². The number of aromatic amines is 1. The van der Waals surface area contributed by atoms with E-state index in [0.29, 0.717) is 28.0 Å². The number of ether oxygens (including phenoxy) is 1. The van der Waals surface area contributed by atoms with Crippen molar-refractivity contribution in [2.45, 2.75) is 13.8 Å². The van der Waals surface area contributed by atoms with Gasteiger partial charge in [0.25, 0.3) is 11.1 Å². The highest BCUT2D eigenvalue weighted by Gasteiger charge is 2.21. The zero-order valence-electron chi connectivity index (χ0n) is 20.4. The number of aryl methyl sites for hydroxylation is 4. The fraction of sp³-hybridized carbons (Fsp3) is 0.143. The van der Waals surface area contributed by atoms with Crippen LogP contribution in [0.15, 0.2) is 64.4 Å². The molecule has 2 aromatic carbocycles. The third kappa shape index (κ3) is 4.02. The van der Waals surface area contributed by atoms with E-state index in [1.165, 1.54) is 28.3 Å². The van der Waals surface area contributed by atoms with Crippen molar-refractivity contribution in [2.24, 2.45) is 14.1 Å². The Morgan fingerprint density at radius 2 is 1.51 bits per heavy atom. The molecule has 0 spiro atoms. The molecule has 0 amide bonds. The first-order valence-electron chi connectivity index (χ1n) is 11.4. The third-order valence-electron chi connectivity index (χ3n) is 6.39. The van der Waals surface area contributed by atoms with Gasteiger partial charge in [0.2, 0.25) is 0 Å². The van der Waals surface area contributed by atoms with E-state index in [9.17, 15) is 22.8 Å². The number of halogens is 3. The van der Waals surface area contributed by atoms with E-state index < -0.39 is 23.0 Å². The first-order valence-corrected chi connectivity index (χ1v) is 11.4. The highest BCUT2D eigenvalue weighted by Crippen LogP contribution is 2.39. The van der Waals surface area contributed by atoms with E-state index >= 15 is 0 Å². The van der Waals surface area contributed by atoms with Crippen LogP contribution in [-0.4, -0.2) is 14.1 Å². The molecule has 0 radical (unpaired) electrons. The molecule has 0 saturated heterocycles. The summed E-state index contributed by atoms with van der Waals surface area (Å²) in [7, 11) is 3.14. The van der Waals surface area contributed by atoms with Crippen LogP contribution in [0.5, 0.6) is 11.5 Å². The van der Waals surface area contributed by atoms with Gasteiger partial charge in [-0.05, 0) is 43.2 Å². The van der Waals surface area contributed by atoms with Gasteiger partial charge in [-0.15, -0.1) is 0 Å². The molecule has 37 heavy (non-hydrogen) atoms. The van der Waals surface area contributed by atoms with Gasteiger partial charge in [-0.1, -0.05) is 18.2 Å². The Hall–Kier alpha value is -4.53. The molecule has 0 aliphatic heterocycles. The molecule has 0 aliphatic rings. The Bertz CT molecular complexity index is 1810. The maximum absolute atomic E-state index is 14.6. The van der Waals surface area contributed by atoms with E-state index in [-0.39, 0.29) is 22.3 Å². The maximum atomic E-state index is 14.6. The van der Waals surface area contributed by atoms with Crippen LogP contribution in [0.3, 0.4) is 0 Å². The van der Waals surface area contributed by atoms with Crippen LogP contribution in [0, 0.1) is 31.3 Å². The summed E-state index contributed by atoms with van der Waals surface area (Å²) in [6.45, 7) is 3.81. The number of fused-ring (bicyclic) bond motifs is 1. The van der Waals surface area contributed by atoms with E-state index in [1.54, 1.807) is 19.4 Å². The standard InChI is InChI=1S/C28H22F3N3O3/c1-14-6-5-7-15(2)27(14)37-22-13-33(3)23(35)11-17(22)19-12-34(4)28(36)26-18(19)10-21(32-26)16-8-9-20(29)25(31)24(16)30/h5-13,32H,1-4H3. The van der Waals surface area contributed by atoms with Crippen molar-refractivity contribution in [2.75, 3.05) is 0 Å². The summed E-state index contributed by atoms with van der Waals surface area (Å²) in [4.78, 5) is 28.5. The predicted molar refractivity (Wildman–Crippen MR) is 136 cm³/mol. The molecular formula is C28H22F3N3O3. The van der Waals surface area contributed by atoms with Gasteiger partial charge in [0.1, 0.15) is 11.3 Å². The summed E-state index contributed by atoms with van der Waals surface area (Å²) in [6, 6.07) is 10.5. The molecule has 3 heterocycles. The highest BCUT2D eigenvalue weighted by atomic mass is 19.2. The topological polar surface area (TPSA) is 69.0 Å². The van der Waals surface area contributed by atoms with Crippen LogP contribution in [0.25, 0.3) is 33.3 Å². The summed E-state index contributed by atoms with van der Waals surface area (Å²) >= 11 is 0. The lowest BCUT2D eigenvalue weighted by molar-refractivity contribution is 0.449. The number of hydrogen-bond acceptors (Lipinski definition) is 3. The molecule has 3 aromatic heterocycles. The first kappa shape index (κ1) is 24.2. The summed E-state index contributed by atoms with van der Waals surface area (Å²) in [5, 5.41) is 0.363. The third-order valence-corrected chi connectivity index (χ3v) is 6.39. The first-order chi connectivity index (χ1) is 17.6. The van der Waals surface area contributed by atoms with Gasteiger partial charge >= 0.3 is 0 Å². The number of rotatable bonds is 4. The predicted octanol–water partition coefficient (Wildman–Crippen LogP) is 5.73. The zero-order valence-corrected chi connectivity index (χ0v) is 20.4. The Labute approximate surface area is 209 Å². The lowest BCUT2D eigenvalue weighted by Gasteiger charge is -2.17. The number of hydrogen-bond donors (Lipinski definition) is 1. The van der Waals surface area contributed by atoms with Gasteiger partial charge in [-0.25, -0.2) is 13.2 Å². The monoisotopic (exact) mass is 505 g/mol. The number of aromatic nitrogens is 3. The van der Waals surface area contributed by atoms with Crippen molar-refractivity contribution in [1.82, 2.24) is 14.1 Å². The summed E-state index contributed by atoms with van der Waals surface area (Å²) < 4.78 is 51.0. The second-order valence-electron chi connectivity index (χ2n) is 8.98. The van der Waals surface area contributed by atoms with E-state index in [1.807, 2.05) is 32.0 Å². The molecule has 0 aliphatic carbocycles. The Morgan fingerprint density at radius 1 is 0.811 bits per heavy atom. The molecule has 0 bridgehead atoms. The van der Waals surface area contributed by atoms with Crippen molar-refractivity contribution >= 4 is 10.9 Å². The number of para-hydroxylation sites is 1. The smallest absolute Gasteiger partial charge is 0.274 e. The Kier molecular flexibility index (Phi) is 5.78. The van der Waals surface area contributed by atoms with Gasteiger partial charge in [0, 0.05) is 54.1 Å². The van der Waals surface area contributed by atoms with Crippen LogP contribution in [0.4, 0.5) is 13.2 Å². The number of pyridine rings is 2. The Balaban J connectivity index is 1.78. The number of nitrogens with one attached hydrogen (secondary N) is 1. The molecule has 0 saturated carbocycles. The molecular weight excluding hydrogens is 483 g/mol. The second-order valence-corrected chi connectivity index (χ2v) is 8.98. The van der Waals surface area contributed by atoms with Gasteiger partial charge < -0.3 is 18.9 Å². The van der Waals surface area contributed by atoms with Gasteiger partial charge in [0.15, 0.2) is 23.2 Å². The largest absolute Gasteiger partial charge is 0.455 e. The van der Waals surface area contributed by atoms with Gasteiger partial charge in [-0.3, -0.25) is 9.59 Å². The Morgan fingerprint density at radius 3 is 2.22 bits per heavy atom. The summed E-state index contributed by atoms with van der Waals surface area (Å²) in [5.74, 6) is -3.32. The minimum absolute atomic E-state index is 0.0806. The van der Waals surface area contributed by atoms with Crippen LogP contribution >= 0.6 is 0 Å². The maximum Gasteiger partial charge on any atom is 0.274 e. The molecule has 9 heteroatoms. The molecule has 5 aromatic rings. The highest BCUT2D eigenvalue weighted by molar-refractivity contribution is 5.98. The molecule has 5 rings (SSSR count). The minimum atomic E-state index is -1.61. The van der Waals surface area contributed by atoms with Crippen LogP contribution in [0.1, 0.15) is 11.1 Å². The number of nitrogens with zero attached hydrogens (tertiary/aromatic N) is 2. The van der Waals surface area contributed by atoms with Crippen LogP contribution in [-0.2, 0) is 14.1 Å². The summed E-state index contributed by atoms with van der Waals surface area (Å²) in [6.07, 6.45) is 3.11. The lowest BCUT2D eigenvalue weighted by atomic mass is 10.0.